The second-order valence-electron chi connectivity index (χ2n) is 10.9. The summed E-state index contributed by atoms with van der Waals surface area (Å²) in [4.78, 5) is 40.9. The van der Waals surface area contributed by atoms with Gasteiger partial charge in [0.2, 0.25) is 5.78 Å². The Morgan fingerprint density at radius 1 is 1.15 bits per heavy atom. The fourth-order valence-corrected chi connectivity index (χ4v) is 6.72. The smallest absolute Gasteiger partial charge is 0.255 e. The standard InChI is InChI=1S/C30H33N3O8/c1-4-41-20-8-5-13(9-15(20)12-31)16-6-7-19(34)22-17(16)10-14-11-18-24(33(2)3)26(36)23(29(32)39)28(38)30(18,40)27(37)21(14)25(22)35/h5-9,14,18,24,34-35,38,40H,4,10-12,31H2,1-3H3,(H2,32,39)/t14-,18-,24+,30-/m0/s1. The lowest BCUT2D eigenvalue weighted by Crippen LogP contribution is -2.65. The van der Waals surface area contributed by atoms with Crippen LogP contribution < -0.4 is 16.2 Å². The molecule has 0 aliphatic heterocycles. The van der Waals surface area contributed by atoms with Gasteiger partial charge in [0.15, 0.2) is 11.4 Å². The lowest BCUT2D eigenvalue weighted by atomic mass is 9.57. The number of aliphatic hydroxyl groups excluding tert-OH is 2. The van der Waals surface area contributed by atoms with E-state index in [1.54, 1.807) is 26.2 Å². The van der Waals surface area contributed by atoms with E-state index >= 15 is 0 Å². The van der Waals surface area contributed by atoms with Crippen molar-refractivity contribution in [1.82, 2.24) is 4.90 Å². The average molecular weight is 564 g/mol. The Hall–Kier alpha value is -4.19. The Balaban J connectivity index is 1.71. The van der Waals surface area contributed by atoms with Crippen LogP contribution >= 0.6 is 0 Å². The third-order valence-corrected chi connectivity index (χ3v) is 8.50. The third kappa shape index (κ3) is 4.03. The van der Waals surface area contributed by atoms with Gasteiger partial charge < -0.3 is 36.6 Å². The number of carbonyl (C=O) groups excluding carboxylic acids is 3. The largest absolute Gasteiger partial charge is 0.508 e. The number of hydrogen-bond acceptors (Lipinski definition) is 10. The van der Waals surface area contributed by atoms with Gasteiger partial charge in [-0.15, -0.1) is 0 Å². The summed E-state index contributed by atoms with van der Waals surface area (Å²) in [5.74, 6) is -6.21. The zero-order valence-electron chi connectivity index (χ0n) is 23.0. The van der Waals surface area contributed by atoms with Crippen LogP contribution in [0, 0.1) is 11.8 Å². The van der Waals surface area contributed by atoms with Gasteiger partial charge in [0, 0.05) is 23.6 Å². The number of carbonyl (C=O) groups is 3. The van der Waals surface area contributed by atoms with Crippen molar-refractivity contribution in [3.05, 3.63) is 63.9 Å². The van der Waals surface area contributed by atoms with Gasteiger partial charge in [-0.25, -0.2) is 0 Å². The Bertz CT molecular complexity index is 1560. The maximum Gasteiger partial charge on any atom is 0.255 e. The van der Waals surface area contributed by atoms with Gasteiger partial charge in [-0.3, -0.25) is 19.3 Å². The van der Waals surface area contributed by atoms with Gasteiger partial charge in [0.25, 0.3) is 5.91 Å². The Labute approximate surface area is 236 Å². The van der Waals surface area contributed by atoms with Crippen LogP contribution in [0.3, 0.4) is 0 Å². The number of aliphatic hydroxyl groups is 3. The first-order chi connectivity index (χ1) is 19.4. The predicted octanol–water partition coefficient (Wildman–Crippen LogP) is 1.49. The summed E-state index contributed by atoms with van der Waals surface area (Å²) in [5.41, 5.74) is 10.4. The van der Waals surface area contributed by atoms with Crippen LogP contribution in [-0.4, -0.2) is 75.1 Å². The van der Waals surface area contributed by atoms with Gasteiger partial charge >= 0.3 is 0 Å². The molecule has 2 aromatic carbocycles. The monoisotopic (exact) mass is 563 g/mol. The lowest BCUT2D eigenvalue weighted by Gasteiger charge is -2.50. The van der Waals surface area contributed by atoms with Crippen LogP contribution in [0.15, 0.2) is 47.2 Å². The van der Waals surface area contributed by atoms with Crippen LogP contribution in [0.2, 0.25) is 0 Å². The molecule has 0 spiro atoms. The highest BCUT2D eigenvalue weighted by molar-refractivity contribution is 6.24. The highest BCUT2D eigenvalue weighted by Gasteiger charge is 2.64. The Kier molecular flexibility index (Phi) is 6.93. The van der Waals surface area contributed by atoms with E-state index in [4.69, 9.17) is 16.2 Å². The number of fused-ring (bicyclic) bond motifs is 3. The molecule has 216 valence electrons. The number of nitrogens with zero attached hydrogens (tertiary/aromatic N) is 1. The minimum atomic E-state index is -2.68. The van der Waals surface area contributed by atoms with E-state index in [1.807, 2.05) is 19.1 Å². The first-order valence-corrected chi connectivity index (χ1v) is 13.3. The zero-order valence-corrected chi connectivity index (χ0v) is 23.0. The molecule has 4 atom stereocenters. The molecule has 11 nitrogen and oxygen atoms in total. The number of Topliss-reactive ketones (excluding diaryl/α,β-unsaturated/α-hetero) is 2. The SMILES string of the molecule is CCOc1ccc(-c2ccc(O)c3c2C[C@H]2C[C@H]4[C@@H](N(C)C)C(=O)C(C(N)=O)=C(O)[C@@]4(O)C(=O)C2=C3O)cc1CN. The van der Waals surface area contributed by atoms with E-state index in [1.165, 1.54) is 11.0 Å². The number of rotatable bonds is 6. The van der Waals surface area contributed by atoms with Crippen molar-refractivity contribution in [2.45, 2.75) is 38.0 Å². The second-order valence-corrected chi connectivity index (χ2v) is 10.9. The number of amides is 1. The topological polar surface area (TPSA) is 197 Å². The van der Waals surface area contributed by atoms with Crippen molar-refractivity contribution in [3.63, 3.8) is 0 Å². The van der Waals surface area contributed by atoms with Crippen molar-refractivity contribution < 1.29 is 39.5 Å². The molecule has 0 heterocycles. The average Bonchev–Trinajstić information content (AvgIpc) is 2.91. The lowest BCUT2D eigenvalue weighted by molar-refractivity contribution is -0.153. The van der Waals surface area contributed by atoms with Gasteiger partial charge in [-0.1, -0.05) is 12.1 Å². The molecule has 0 bridgehead atoms. The zero-order chi connectivity index (χ0) is 30.0. The van der Waals surface area contributed by atoms with Crippen LogP contribution in [-0.2, 0) is 27.3 Å². The molecule has 1 amide bonds. The summed E-state index contributed by atoms with van der Waals surface area (Å²) in [7, 11) is 3.12. The summed E-state index contributed by atoms with van der Waals surface area (Å²) < 4.78 is 5.67. The number of ether oxygens (including phenoxy) is 1. The number of primary amides is 1. The molecule has 0 aromatic heterocycles. The molecule has 0 saturated heterocycles. The van der Waals surface area contributed by atoms with E-state index in [0.29, 0.717) is 23.5 Å². The van der Waals surface area contributed by atoms with Crippen molar-refractivity contribution in [2.75, 3.05) is 20.7 Å². The van der Waals surface area contributed by atoms with Crippen molar-refractivity contribution in [2.24, 2.45) is 23.3 Å². The fourth-order valence-electron chi connectivity index (χ4n) is 6.72. The Morgan fingerprint density at radius 2 is 1.85 bits per heavy atom. The minimum Gasteiger partial charge on any atom is -0.508 e. The highest BCUT2D eigenvalue weighted by atomic mass is 16.5. The minimum absolute atomic E-state index is 0.0121. The number of aromatic hydroxyl groups is 1. The normalized spacial score (nSPS) is 25.7. The maximum atomic E-state index is 14.0. The molecular weight excluding hydrogens is 530 g/mol. The van der Waals surface area contributed by atoms with Crippen molar-refractivity contribution >= 4 is 23.2 Å². The van der Waals surface area contributed by atoms with E-state index in [2.05, 4.69) is 0 Å². The molecule has 0 unspecified atom stereocenters. The molecule has 1 saturated carbocycles. The van der Waals surface area contributed by atoms with Crippen LogP contribution in [0.25, 0.3) is 16.9 Å². The molecule has 5 rings (SSSR count). The molecule has 11 heteroatoms. The van der Waals surface area contributed by atoms with E-state index < -0.39 is 58.0 Å². The van der Waals surface area contributed by atoms with Crippen molar-refractivity contribution in [3.8, 4) is 22.6 Å². The van der Waals surface area contributed by atoms with E-state index in [9.17, 15) is 34.8 Å². The molecule has 41 heavy (non-hydrogen) atoms. The first-order valence-electron chi connectivity index (χ1n) is 13.3. The fraction of sp³-hybridized carbons (Fsp3) is 0.367. The quantitative estimate of drug-likeness (QED) is 0.280. The van der Waals surface area contributed by atoms with Gasteiger partial charge in [-0.2, -0.15) is 0 Å². The molecule has 8 N–H and O–H groups in total. The van der Waals surface area contributed by atoms with Crippen LogP contribution in [0.4, 0.5) is 0 Å². The van der Waals surface area contributed by atoms with E-state index in [0.717, 1.165) is 11.1 Å². The van der Waals surface area contributed by atoms with Crippen LogP contribution in [0.1, 0.15) is 30.0 Å². The van der Waals surface area contributed by atoms with E-state index in [-0.39, 0.29) is 36.3 Å². The van der Waals surface area contributed by atoms with Crippen molar-refractivity contribution in [1.29, 1.82) is 0 Å². The molecule has 3 aliphatic carbocycles. The number of ketones is 2. The second kappa shape index (κ2) is 10.0. The number of hydrogen-bond donors (Lipinski definition) is 6. The number of nitrogens with two attached hydrogens (primary N) is 2. The van der Waals surface area contributed by atoms with Crippen LogP contribution in [0.5, 0.6) is 11.5 Å². The first kappa shape index (κ1) is 28.3. The summed E-state index contributed by atoms with van der Waals surface area (Å²) >= 11 is 0. The molecule has 1 fully saturated rings. The predicted molar refractivity (Wildman–Crippen MR) is 149 cm³/mol. The molecule has 2 aromatic rings. The molecule has 3 aliphatic rings. The molecular formula is C30H33N3O8. The number of likely N-dealkylation sites (N-methyl/N-ethyl adjacent to an activating group) is 1. The number of phenolic OH excluding ortho intramolecular Hbond substituents is 1. The third-order valence-electron chi connectivity index (χ3n) is 8.50. The number of phenols is 1. The Morgan fingerprint density at radius 3 is 2.46 bits per heavy atom. The maximum absolute atomic E-state index is 14.0. The summed E-state index contributed by atoms with van der Waals surface area (Å²) in [5, 5.41) is 45.0. The highest BCUT2D eigenvalue weighted by Crippen LogP contribution is 2.53. The molecule has 0 radical (unpaired) electrons. The van der Waals surface area contributed by atoms with Gasteiger partial charge in [-0.05, 0) is 74.7 Å². The summed E-state index contributed by atoms with van der Waals surface area (Å²) in [6.45, 7) is 2.56. The number of benzene rings is 2. The summed E-state index contributed by atoms with van der Waals surface area (Å²) in [6.07, 6.45) is 0.196. The van der Waals surface area contributed by atoms with Gasteiger partial charge in [0.05, 0.1) is 18.2 Å². The summed E-state index contributed by atoms with van der Waals surface area (Å²) in [6, 6.07) is 7.48. The van der Waals surface area contributed by atoms with Gasteiger partial charge in [0.1, 0.15) is 28.6 Å².